The number of nitrogens with two attached hydrogens (primary N) is 1. The molecule has 34 heavy (non-hydrogen) atoms. The van der Waals surface area contributed by atoms with Gasteiger partial charge >= 0.3 is 0 Å². The second-order valence-corrected chi connectivity index (χ2v) is 9.50. The summed E-state index contributed by atoms with van der Waals surface area (Å²) < 4.78 is 32.9. The van der Waals surface area contributed by atoms with Gasteiger partial charge in [0.2, 0.25) is 15.9 Å². The van der Waals surface area contributed by atoms with Crippen LogP contribution in [0.4, 0.5) is 11.4 Å². The summed E-state index contributed by atoms with van der Waals surface area (Å²) >= 11 is 0. The van der Waals surface area contributed by atoms with Crippen LogP contribution in [-0.2, 0) is 26.0 Å². The van der Waals surface area contributed by atoms with Gasteiger partial charge in [-0.2, -0.15) is 4.31 Å². The third-order valence-electron chi connectivity index (χ3n) is 5.36. The summed E-state index contributed by atoms with van der Waals surface area (Å²) in [6, 6.07) is 11.5. The molecule has 10 heteroatoms. The fourth-order valence-electron chi connectivity index (χ4n) is 3.57. The molecule has 2 aromatic rings. The van der Waals surface area contributed by atoms with E-state index in [4.69, 9.17) is 10.5 Å². The quantitative estimate of drug-likeness (QED) is 0.445. The van der Waals surface area contributed by atoms with Gasteiger partial charge in [-0.3, -0.25) is 9.59 Å². The number of hydrogen-bond donors (Lipinski definition) is 2. The Morgan fingerprint density at radius 3 is 2.09 bits per heavy atom. The molecule has 0 saturated heterocycles. The third kappa shape index (κ3) is 6.94. The summed E-state index contributed by atoms with van der Waals surface area (Å²) in [5.74, 6) is -0.389. The first-order valence-corrected chi connectivity index (χ1v) is 12.8. The van der Waals surface area contributed by atoms with E-state index in [-0.39, 0.29) is 17.9 Å². The molecule has 0 aromatic heterocycles. The molecule has 186 valence electrons. The molecule has 0 saturated carbocycles. The Morgan fingerprint density at radius 2 is 1.56 bits per heavy atom. The number of carbonyl (C=O) groups excluding carboxylic acids is 2. The van der Waals surface area contributed by atoms with Crippen molar-refractivity contribution in [2.75, 3.05) is 43.0 Å². The van der Waals surface area contributed by atoms with Crippen LogP contribution in [0.25, 0.3) is 0 Å². The van der Waals surface area contributed by atoms with E-state index in [1.54, 1.807) is 50.2 Å². The predicted octanol–water partition coefficient (Wildman–Crippen LogP) is 2.61. The molecule has 0 atom stereocenters. The van der Waals surface area contributed by atoms with Gasteiger partial charge < -0.3 is 20.7 Å². The molecule has 0 heterocycles. The largest absolute Gasteiger partial charge is 0.484 e. The molecule has 0 fully saturated rings. The summed E-state index contributed by atoms with van der Waals surface area (Å²) in [4.78, 5) is 25.8. The van der Waals surface area contributed by atoms with Crippen molar-refractivity contribution >= 4 is 33.2 Å². The van der Waals surface area contributed by atoms with Gasteiger partial charge in [0.25, 0.3) is 5.91 Å². The Kier molecular flexibility index (Phi) is 9.88. The fourth-order valence-corrected chi connectivity index (χ4v) is 5.05. The molecule has 0 aliphatic carbocycles. The fraction of sp³-hybridized carbons (Fsp3) is 0.417. The first-order chi connectivity index (χ1) is 16.2. The third-order valence-corrected chi connectivity index (χ3v) is 7.41. The van der Waals surface area contributed by atoms with Gasteiger partial charge in [0.05, 0.1) is 22.7 Å². The zero-order valence-corrected chi connectivity index (χ0v) is 21.0. The molecule has 2 aromatic carbocycles. The Morgan fingerprint density at radius 1 is 0.941 bits per heavy atom. The number of rotatable bonds is 13. The van der Waals surface area contributed by atoms with E-state index in [1.807, 2.05) is 18.7 Å². The van der Waals surface area contributed by atoms with E-state index in [9.17, 15) is 18.0 Å². The summed E-state index contributed by atoms with van der Waals surface area (Å²) in [7, 11) is -3.68. The Bertz CT molecular complexity index is 1080. The maximum Gasteiger partial charge on any atom is 0.262 e. The molecule has 0 aliphatic rings. The molecule has 2 rings (SSSR count). The average Bonchev–Trinajstić information content (AvgIpc) is 2.80. The van der Waals surface area contributed by atoms with Gasteiger partial charge in [-0.15, -0.1) is 0 Å². The smallest absolute Gasteiger partial charge is 0.262 e. The Balaban J connectivity index is 2.23. The molecule has 3 N–H and O–H groups in total. The number of primary amides is 1. The number of amides is 2. The molecule has 0 unspecified atom stereocenters. The van der Waals surface area contributed by atoms with Crippen LogP contribution in [0.3, 0.4) is 0 Å². The predicted molar refractivity (Wildman–Crippen MR) is 134 cm³/mol. The van der Waals surface area contributed by atoms with Crippen molar-refractivity contribution in [3.8, 4) is 5.75 Å². The van der Waals surface area contributed by atoms with Gasteiger partial charge in [0, 0.05) is 26.2 Å². The van der Waals surface area contributed by atoms with E-state index in [0.29, 0.717) is 37.6 Å². The van der Waals surface area contributed by atoms with Gasteiger partial charge in [-0.1, -0.05) is 26.0 Å². The molecule has 0 radical (unpaired) electrons. The SMILES string of the molecule is CCN(CC)c1ccc(S(=O)(=O)N(CC)CC)cc1NC(=O)COc1ccc(CC(N)=O)cc1. The number of sulfonamides is 1. The second kappa shape index (κ2) is 12.4. The second-order valence-electron chi connectivity index (χ2n) is 7.56. The molecule has 0 bridgehead atoms. The van der Waals surface area contributed by atoms with Crippen molar-refractivity contribution in [2.24, 2.45) is 5.73 Å². The molecular weight excluding hydrogens is 456 g/mol. The van der Waals surface area contributed by atoms with Crippen LogP contribution in [0.5, 0.6) is 5.75 Å². The highest BCUT2D eigenvalue weighted by Gasteiger charge is 2.24. The minimum absolute atomic E-state index is 0.119. The first-order valence-electron chi connectivity index (χ1n) is 11.3. The maximum atomic E-state index is 13.0. The van der Waals surface area contributed by atoms with Crippen LogP contribution < -0.4 is 20.7 Å². The van der Waals surface area contributed by atoms with Crippen molar-refractivity contribution in [1.82, 2.24) is 4.31 Å². The van der Waals surface area contributed by atoms with Crippen LogP contribution in [-0.4, -0.2) is 57.3 Å². The lowest BCUT2D eigenvalue weighted by Crippen LogP contribution is -2.31. The van der Waals surface area contributed by atoms with Gasteiger partial charge in [0.1, 0.15) is 5.75 Å². The number of benzene rings is 2. The number of nitrogens with zero attached hydrogens (tertiary/aromatic N) is 2. The molecular formula is C24H34N4O5S. The number of ether oxygens (including phenoxy) is 1. The van der Waals surface area contributed by atoms with Crippen LogP contribution in [0.15, 0.2) is 47.4 Å². The number of anilines is 2. The number of carbonyl (C=O) groups is 2. The van der Waals surface area contributed by atoms with E-state index in [1.165, 1.54) is 10.4 Å². The summed E-state index contributed by atoms with van der Waals surface area (Å²) in [6.07, 6.45) is 0.127. The van der Waals surface area contributed by atoms with E-state index in [2.05, 4.69) is 5.32 Å². The molecule has 9 nitrogen and oxygen atoms in total. The van der Waals surface area contributed by atoms with E-state index >= 15 is 0 Å². The Labute approximate surface area is 201 Å². The average molecular weight is 491 g/mol. The first kappa shape index (κ1) is 27.1. The van der Waals surface area contributed by atoms with E-state index < -0.39 is 21.8 Å². The van der Waals surface area contributed by atoms with Crippen molar-refractivity contribution in [3.63, 3.8) is 0 Å². The topological polar surface area (TPSA) is 122 Å². The standard InChI is InChI=1S/C24H34N4O5S/c1-5-27(6-2)22-14-13-20(34(31,32)28(7-3)8-4)16-21(22)26-24(30)17-33-19-11-9-18(10-12-19)15-23(25)29/h9-14,16H,5-8,15,17H2,1-4H3,(H2,25,29)(H,26,30). The number of nitrogens with one attached hydrogen (secondary N) is 1. The normalized spacial score (nSPS) is 11.3. The van der Waals surface area contributed by atoms with Crippen molar-refractivity contribution < 1.29 is 22.7 Å². The van der Waals surface area contributed by atoms with Crippen LogP contribution in [0.2, 0.25) is 0 Å². The highest BCUT2D eigenvalue weighted by Crippen LogP contribution is 2.30. The zero-order valence-electron chi connectivity index (χ0n) is 20.2. The van der Waals surface area contributed by atoms with Crippen LogP contribution in [0, 0.1) is 0 Å². The minimum atomic E-state index is -3.68. The van der Waals surface area contributed by atoms with E-state index in [0.717, 1.165) is 11.3 Å². The lowest BCUT2D eigenvalue weighted by Gasteiger charge is -2.26. The number of hydrogen-bond acceptors (Lipinski definition) is 6. The van der Waals surface area contributed by atoms with Crippen molar-refractivity contribution in [2.45, 2.75) is 39.0 Å². The summed E-state index contributed by atoms with van der Waals surface area (Å²) in [5.41, 5.74) is 7.07. The van der Waals surface area contributed by atoms with Gasteiger partial charge in [0.15, 0.2) is 6.61 Å². The maximum absolute atomic E-state index is 13.0. The Hall–Kier alpha value is -3.11. The molecule has 2 amide bonds. The van der Waals surface area contributed by atoms with Crippen molar-refractivity contribution in [1.29, 1.82) is 0 Å². The highest BCUT2D eigenvalue weighted by atomic mass is 32.2. The van der Waals surface area contributed by atoms with Gasteiger partial charge in [-0.05, 0) is 49.7 Å². The highest BCUT2D eigenvalue weighted by molar-refractivity contribution is 7.89. The van der Waals surface area contributed by atoms with Crippen molar-refractivity contribution in [3.05, 3.63) is 48.0 Å². The molecule has 0 spiro atoms. The lowest BCUT2D eigenvalue weighted by molar-refractivity contribution is -0.118. The molecule has 0 aliphatic heterocycles. The zero-order chi connectivity index (χ0) is 25.3. The van der Waals surface area contributed by atoms with Crippen LogP contribution >= 0.6 is 0 Å². The summed E-state index contributed by atoms with van der Waals surface area (Å²) in [5, 5.41) is 2.81. The lowest BCUT2D eigenvalue weighted by atomic mass is 10.1. The minimum Gasteiger partial charge on any atom is -0.484 e. The monoisotopic (exact) mass is 490 g/mol. The summed E-state index contributed by atoms with van der Waals surface area (Å²) in [6.45, 7) is 9.36. The van der Waals surface area contributed by atoms with Crippen LogP contribution in [0.1, 0.15) is 33.3 Å². The van der Waals surface area contributed by atoms with Gasteiger partial charge in [-0.25, -0.2) is 8.42 Å².